The highest BCUT2D eigenvalue weighted by Crippen LogP contribution is 2.36. The Morgan fingerprint density at radius 2 is 1.32 bits per heavy atom. The molecule has 2 aliphatic rings. The number of hydroxylamine groups is 4. The Labute approximate surface area is 368 Å². The van der Waals surface area contributed by atoms with E-state index in [9.17, 15) is 14.0 Å². The van der Waals surface area contributed by atoms with Gasteiger partial charge in [0, 0.05) is 67.5 Å². The lowest BCUT2D eigenvalue weighted by Crippen LogP contribution is -2.29. The van der Waals surface area contributed by atoms with Crippen LogP contribution in [0.5, 0.6) is 0 Å². The van der Waals surface area contributed by atoms with Crippen LogP contribution in [0.2, 0.25) is 5.02 Å². The highest BCUT2D eigenvalue weighted by molar-refractivity contribution is 8.03. The van der Waals surface area contributed by atoms with Crippen molar-refractivity contribution in [3.8, 4) is 0 Å². The Balaban J connectivity index is 0.000000224. The highest BCUT2D eigenvalue weighted by Gasteiger charge is 2.18. The summed E-state index contributed by atoms with van der Waals surface area (Å²) in [7, 11) is 6.10. The van der Waals surface area contributed by atoms with Gasteiger partial charge in [-0.3, -0.25) is 29.2 Å². The molecule has 2 atom stereocenters. The largest absolute Gasteiger partial charge is 0.275 e. The Kier molecular flexibility index (Phi) is 20.5. The minimum absolute atomic E-state index is 0.0365. The molecule has 12 heteroatoms. The van der Waals surface area contributed by atoms with Crippen LogP contribution < -0.4 is 0 Å². The second kappa shape index (κ2) is 24.9. The number of halogens is 2. The zero-order chi connectivity index (χ0) is 44.4. The van der Waals surface area contributed by atoms with E-state index in [2.05, 4.69) is 72.7 Å². The summed E-state index contributed by atoms with van der Waals surface area (Å²) in [6.45, 7) is 15.1. The minimum atomic E-state index is -0.229. The van der Waals surface area contributed by atoms with E-state index in [1.54, 1.807) is 62.8 Å². The third-order valence-electron chi connectivity index (χ3n) is 8.98. The van der Waals surface area contributed by atoms with Crippen molar-refractivity contribution < 1.29 is 23.7 Å². The fourth-order valence-corrected chi connectivity index (χ4v) is 7.32. The maximum Gasteiger partial charge on any atom is 0.252 e. The Morgan fingerprint density at radius 1 is 0.767 bits per heavy atom. The van der Waals surface area contributed by atoms with Crippen LogP contribution >= 0.6 is 35.1 Å². The number of hydrogen-bond acceptors (Lipinski definition) is 8. The molecule has 2 aliphatic heterocycles. The van der Waals surface area contributed by atoms with E-state index in [0.29, 0.717) is 0 Å². The average Bonchev–Trinajstić information content (AvgIpc) is 3.51. The molecule has 4 aromatic rings. The molecule has 0 aromatic heterocycles. The summed E-state index contributed by atoms with van der Waals surface area (Å²) in [4.78, 5) is 44.8. The molecule has 60 heavy (non-hydrogen) atoms. The van der Waals surface area contributed by atoms with Crippen molar-refractivity contribution in [2.45, 2.75) is 51.3 Å². The van der Waals surface area contributed by atoms with E-state index >= 15 is 0 Å². The first-order chi connectivity index (χ1) is 28.6. The third-order valence-corrected chi connectivity index (χ3v) is 11.5. The van der Waals surface area contributed by atoms with Crippen molar-refractivity contribution in [3.05, 3.63) is 177 Å². The van der Waals surface area contributed by atoms with Gasteiger partial charge in [-0.2, -0.15) is 0 Å². The molecule has 2 unspecified atom stereocenters. The first-order valence-electron chi connectivity index (χ1n) is 19.1. The molecule has 0 spiro atoms. The van der Waals surface area contributed by atoms with Gasteiger partial charge < -0.3 is 0 Å². The molecule has 0 bridgehead atoms. The number of carbonyl (C=O) groups excluding carboxylic acids is 2. The van der Waals surface area contributed by atoms with Crippen molar-refractivity contribution in [2.75, 3.05) is 28.3 Å². The molecule has 0 saturated carbocycles. The molecule has 316 valence electrons. The Morgan fingerprint density at radius 3 is 1.88 bits per heavy atom. The number of benzene rings is 4. The van der Waals surface area contributed by atoms with Gasteiger partial charge in [0.1, 0.15) is 5.82 Å². The Bertz CT molecular complexity index is 2250. The van der Waals surface area contributed by atoms with Crippen LogP contribution in [0.1, 0.15) is 63.8 Å². The fourth-order valence-electron chi connectivity index (χ4n) is 5.38. The van der Waals surface area contributed by atoms with Crippen molar-refractivity contribution in [3.63, 3.8) is 0 Å². The van der Waals surface area contributed by atoms with Crippen LogP contribution in [0.15, 0.2) is 163 Å². The molecule has 0 saturated heterocycles. The molecule has 8 nitrogen and oxygen atoms in total. The number of nitrogens with zero attached hydrogens (tertiary/aromatic N) is 4. The van der Waals surface area contributed by atoms with E-state index < -0.39 is 0 Å². The van der Waals surface area contributed by atoms with Gasteiger partial charge in [-0.25, -0.2) is 14.5 Å². The van der Waals surface area contributed by atoms with Crippen molar-refractivity contribution in [1.82, 2.24) is 10.1 Å². The average molecular weight is 870 g/mol. The third kappa shape index (κ3) is 14.6. The number of hydrogen-bond donors (Lipinski definition) is 0. The molecule has 2 heterocycles. The van der Waals surface area contributed by atoms with Crippen LogP contribution in [0.25, 0.3) is 0 Å². The fraction of sp³-hybridized carbons (Fsp3) is 0.250. The van der Waals surface area contributed by atoms with Gasteiger partial charge in [0.25, 0.3) is 11.8 Å². The van der Waals surface area contributed by atoms with Crippen molar-refractivity contribution >= 4 is 58.4 Å². The van der Waals surface area contributed by atoms with Crippen LogP contribution in [0.4, 0.5) is 4.39 Å². The normalized spacial score (nSPS) is 13.9. The van der Waals surface area contributed by atoms with E-state index in [4.69, 9.17) is 21.4 Å². The van der Waals surface area contributed by atoms with Crippen LogP contribution in [-0.2, 0) is 19.3 Å². The van der Waals surface area contributed by atoms with Crippen molar-refractivity contribution in [1.29, 1.82) is 0 Å². The van der Waals surface area contributed by atoms with Gasteiger partial charge in [-0.05, 0) is 81.6 Å². The summed E-state index contributed by atoms with van der Waals surface area (Å²) in [5.74, 6) is -0.633. The SMILES string of the molecule is C/C=C\C(C)C(=O)N(C)OC.C=CC(C)C(=O)N(C)OC.CC1=C(C)Sc2ccccc2C(c2cccc(Cl)c2)=N1.CC1=CSc2ccccc2C(c2ccc(F)cc2)=N1. The van der Waals surface area contributed by atoms with Gasteiger partial charge in [-0.1, -0.05) is 116 Å². The maximum absolute atomic E-state index is 13.1. The summed E-state index contributed by atoms with van der Waals surface area (Å²) < 4.78 is 13.1. The predicted octanol–water partition coefficient (Wildman–Crippen LogP) is 12.2. The minimum Gasteiger partial charge on any atom is -0.275 e. The lowest BCUT2D eigenvalue weighted by Gasteiger charge is -2.15. The molecule has 0 fully saturated rings. The molecular weight excluding hydrogens is 815 g/mol. The van der Waals surface area contributed by atoms with Gasteiger partial charge in [0.05, 0.1) is 37.5 Å². The monoisotopic (exact) mass is 868 g/mol. The van der Waals surface area contributed by atoms with Crippen LogP contribution in [0, 0.1) is 17.7 Å². The number of carbonyl (C=O) groups is 2. The van der Waals surface area contributed by atoms with Gasteiger partial charge in [-0.15, -0.1) is 6.58 Å². The van der Waals surface area contributed by atoms with E-state index in [1.165, 1.54) is 51.2 Å². The summed E-state index contributed by atoms with van der Waals surface area (Å²) in [5.41, 5.74) is 8.15. The van der Waals surface area contributed by atoms with Gasteiger partial charge in [0.2, 0.25) is 0 Å². The van der Waals surface area contributed by atoms with Gasteiger partial charge in [0.15, 0.2) is 0 Å². The number of rotatable bonds is 8. The summed E-state index contributed by atoms with van der Waals surface area (Å²) in [5, 5.41) is 5.18. The predicted molar refractivity (Wildman–Crippen MR) is 249 cm³/mol. The summed E-state index contributed by atoms with van der Waals surface area (Å²) >= 11 is 9.57. The van der Waals surface area contributed by atoms with Gasteiger partial charge >= 0.3 is 0 Å². The maximum atomic E-state index is 13.1. The van der Waals surface area contributed by atoms with E-state index in [0.717, 1.165) is 50.1 Å². The molecule has 4 aromatic carbocycles. The van der Waals surface area contributed by atoms with Crippen LogP contribution in [-0.4, -0.2) is 61.7 Å². The molecule has 2 amide bonds. The number of aliphatic imine (C=N–C) groups is 2. The molecule has 0 N–H and O–H groups in total. The smallest absolute Gasteiger partial charge is 0.252 e. The number of amides is 2. The lowest BCUT2D eigenvalue weighted by atomic mass is 10.0. The summed E-state index contributed by atoms with van der Waals surface area (Å²) in [6.07, 6.45) is 5.27. The first-order valence-corrected chi connectivity index (χ1v) is 21.2. The van der Waals surface area contributed by atoms with Crippen LogP contribution in [0.3, 0.4) is 0 Å². The second-order valence-corrected chi connectivity index (χ2v) is 16.0. The van der Waals surface area contributed by atoms with E-state index in [1.807, 2.05) is 68.7 Å². The molecular formula is C48H54ClFN4O4S2. The standard InChI is InChI=1S/C17H14ClNS.C16H12FNS.C8H15NO2.C7H13NO2/c1-11-12(2)20-16-9-4-3-8-15(16)17(19-11)13-6-5-7-14(18)10-13;1-11-10-19-15-5-3-2-4-14(15)16(18-11)12-6-8-13(17)9-7-12;1-5-6-7(2)8(10)9(3)11-4;1-5-6(2)7(9)8(3)10-4/h3-10H,1-2H3;2-10H,1H3;5-7H,1-4H3;5-6H,1H2,2-4H3/b;;6-5-;. The lowest BCUT2D eigenvalue weighted by molar-refractivity contribution is -0.171. The van der Waals surface area contributed by atoms with Crippen molar-refractivity contribution in [2.24, 2.45) is 21.8 Å². The number of thioether (sulfide) groups is 2. The molecule has 0 aliphatic carbocycles. The number of allylic oxidation sites excluding steroid dienone is 4. The van der Waals surface area contributed by atoms with E-state index in [-0.39, 0.29) is 29.5 Å². The Hall–Kier alpha value is -5.04. The molecule has 6 rings (SSSR count). The zero-order valence-electron chi connectivity index (χ0n) is 35.9. The highest BCUT2D eigenvalue weighted by atomic mass is 35.5. The second-order valence-electron chi connectivity index (χ2n) is 13.4. The topological polar surface area (TPSA) is 83.8 Å². The number of fused-ring (bicyclic) bond motifs is 2. The summed E-state index contributed by atoms with van der Waals surface area (Å²) in [6, 6.07) is 30.9. The quantitative estimate of drug-likeness (QED) is 0.130. The molecule has 0 radical (unpaired) electrons. The first kappa shape index (κ1) is 49.3. The zero-order valence-corrected chi connectivity index (χ0v) is 38.3.